The Morgan fingerprint density at radius 2 is 1.67 bits per heavy atom. The molecule has 0 spiro atoms. The van der Waals surface area contributed by atoms with Gasteiger partial charge in [0.1, 0.15) is 0 Å². The largest absolute Gasteiger partial charge is 0.417 e. The molecule has 0 heterocycles. The van der Waals surface area contributed by atoms with Crippen LogP contribution in [0.25, 0.3) is 0 Å². The van der Waals surface area contributed by atoms with Crippen LogP contribution in [0.15, 0.2) is 47.4 Å². The van der Waals surface area contributed by atoms with Crippen LogP contribution >= 0.6 is 23.2 Å². The first-order valence-electron chi connectivity index (χ1n) is 7.11. The number of hydrogen-bond donors (Lipinski definition) is 0. The molecule has 2 aromatic carbocycles. The van der Waals surface area contributed by atoms with Gasteiger partial charge in [0.2, 0.25) is 0 Å². The van der Waals surface area contributed by atoms with Gasteiger partial charge in [-0.05, 0) is 30.3 Å². The summed E-state index contributed by atoms with van der Waals surface area (Å²) in [6.45, 7) is -0.780. The summed E-state index contributed by atoms with van der Waals surface area (Å²) in [6.07, 6.45) is 0.257. The number of amides is 1. The maximum Gasteiger partial charge on any atom is 0.417 e. The molecular formula is C17H10Cl2F3NO3S. The number of halogens is 5. The van der Waals surface area contributed by atoms with Crippen LogP contribution in [0.3, 0.4) is 0 Å². The van der Waals surface area contributed by atoms with E-state index in [4.69, 9.17) is 29.6 Å². The highest BCUT2D eigenvalue weighted by molar-refractivity contribution is 7.89. The molecule has 0 fully saturated rings. The maximum atomic E-state index is 13.2. The van der Waals surface area contributed by atoms with Gasteiger partial charge in [0.15, 0.2) is 0 Å². The first kappa shape index (κ1) is 21.1. The molecule has 27 heavy (non-hydrogen) atoms. The molecule has 2 aromatic rings. The Morgan fingerprint density at radius 3 is 2.19 bits per heavy atom. The molecule has 142 valence electrons. The van der Waals surface area contributed by atoms with Gasteiger partial charge < -0.3 is 0 Å². The van der Waals surface area contributed by atoms with E-state index in [9.17, 15) is 26.4 Å². The second-order valence-electron chi connectivity index (χ2n) is 5.17. The zero-order chi connectivity index (χ0) is 20.4. The van der Waals surface area contributed by atoms with Gasteiger partial charge in [0.05, 0.1) is 22.6 Å². The SMILES string of the molecule is C#CCN(C(=O)c1ccccc1C(F)(F)F)S(=O)(=O)c1cc(Cl)cc(Cl)c1. The van der Waals surface area contributed by atoms with Crippen LogP contribution in [0.1, 0.15) is 15.9 Å². The third-order valence-electron chi connectivity index (χ3n) is 3.35. The molecule has 4 nitrogen and oxygen atoms in total. The standard InChI is InChI=1S/C17H10Cl2F3NO3S/c1-2-7-23(27(25,26)13-9-11(18)8-12(19)10-13)16(24)14-5-3-4-6-15(14)17(20,21)22/h1,3-6,8-10H,7H2. The van der Waals surface area contributed by atoms with Crippen molar-refractivity contribution >= 4 is 39.1 Å². The van der Waals surface area contributed by atoms with Crippen molar-refractivity contribution < 1.29 is 26.4 Å². The number of benzene rings is 2. The molecule has 0 N–H and O–H groups in total. The lowest BCUT2D eigenvalue weighted by atomic mass is 10.1. The monoisotopic (exact) mass is 435 g/mol. The van der Waals surface area contributed by atoms with Crippen molar-refractivity contribution in [2.24, 2.45) is 0 Å². The first-order chi connectivity index (χ1) is 12.5. The minimum Gasteiger partial charge on any atom is -0.268 e. The Kier molecular flexibility index (Phi) is 6.10. The van der Waals surface area contributed by atoms with Crippen molar-refractivity contribution in [2.75, 3.05) is 6.54 Å². The predicted octanol–water partition coefficient (Wildman–Crippen LogP) is 4.48. The Morgan fingerprint density at radius 1 is 1.11 bits per heavy atom. The minimum absolute atomic E-state index is 0.0372. The second kappa shape index (κ2) is 7.80. The van der Waals surface area contributed by atoms with Crippen LogP contribution in [-0.2, 0) is 16.2 Å². The molecular weight excluding hydrogens is 426 g/mol. The van der Waals surface area contributed by atoms with E-state index < -0.39 is 44.7 Å². The smallest absolute Gasteiger partial charge is 0.268 e. The van der Waals surface area contributed by atoms with Crippen molar-refractivity contribution in [3.63, 3.8) is 0 Å². The van der Waals surface area contributed by atoms with Crippen LogP contribution in [0, 0.1) is 12.3 Å². The van der Waals surface area contributed by atoms with Crippen LogP contribution in [0.5, 0.6) is 0 Å². The molecule has 0 saturated heterocycles. The van der Waals surface area contributed by atoms with Crippen molar-refractivity contribution in [2.45, 2.75) is 11.1 Å². The van der Waals surface area contributed by atoms with Crippen molar-refractivity contribution in [1.29, 1.82) is 0 Å². The molecule has 0 unspecified atom stereocenters. The number of carbonyl (C=O) groups is 1. The lowest BCUT2D eigenvalue weighted by Crippen LogP contribution is -2.38. The summed E-state index contributed by atoms with van der Waals surface area (Å²) in [6, 6.07) is 7.08. The van der Waals surface area contributed by atoms with E-state index in [-0.39, 0.29) is 14.4 Å². The lowest BCUT2D eigenvalue weighted by Gasteiger charge is -2.22. The summed E-state index contributed by atoms with van der Waals surface area (Å²) in [5, 5.41) is -0.0743. The van der Waals surface area contributed by atoms with Crippen LogP contribution in [0.4, 0.5) is 13.2 Å². The molecule has 0 aliphatic carbocycles. The van der Waals surface area contributed by atoms with Gasteiger partial charge in [-0.15, -0.1) is 6.42 Å². The highest BCUT2D eigenvalue weighted by Gasteiger charge is 2.38. The molecule has 0 saturated carbocycles. The van der Waals surface area contributed by atoms with Gasteiger partial charge in [-0.25, -0.2) is 12.7 Å². The fourth-order valence-corrected chi connectivity index (χ4v) is 4.23. The van der Waals surface area contributed by atoms with E-state index in [2.05, 4.69) is 0 Å². The summed E-state index contributed by atoms with van der Waals surface area (Å²) in [5.74, 6) is 0.541. The number of rotatable bonds is 4. The average molecular weight is 436 g/mol. The fraction of sp³-hybridized carbons (Fsp3) is 0.118. The summed E-state index contributed by atoms with van der Waals surface area (Å²) >= 11 is 11.6. The van der Waals surface area contributed by atoms with Gasteiger partial charge in [-0.3, -0.25) is 4.79 Å². The minimum atomic E-state index is -4.86. The second-order valence-corrected chi connectivity index (χ2v) is 7.90. The Bertz CT molecular complexity index is 1010. The number of terminal acetylenes is 1. The molecule has 2 rings (SSSR count). The Balaban J connectivity index is 2.62. The molecule has 10 heteroatoms. The summed E-state index contributed by atoms with van der Waals surface area (Å²) in [7, 11) is -4.61. The number of alkyl halides is 3. The van der Waals surface area contributed by atoms with Crippen LogP contribution in [-0.4, -0.2) is 25.2 Å². The molecule has 1 amide bonds. The van der Waals surface area contributed by atoms with Gasteiger partial charge in [0.25, 0.3) is 15.9 Å². The zero-order valence-electron chi connectivity index (χ0n) is 13.3. The molecule has 0 atom stereocenters. The maximum absolute atomic E-state index is 13.2. The van der Waals surface area contributed by atoms with Crippen molar-refractivity contribution in [1.82, 2.24) is 4.31 Å². The Hall–Kier alpha value is -2.21. The number of sulfonamides is 1. The van der Waals surface area contributed by atoms with Crippen molar-refractivity contribution in [3.05, 3.63) is 63.6 Å². The highest BCUT2D eigenvalue weighted by atomic mass is 35.5. The Labute approximate surface area is 163 Å². The zero-order valence-corrected chi connectivity index (χ0v) is 15.6. The third-order valence-corrected chi connectivity index (χ3v) is 5.49. The summed E-state index contributed by atoms with van der Waals surface area (Å²) in [5.41, 5.74) is -2.13. The normalized spacial score (nSPS) is 11.7. The van der Waals surface area contributed by atoms with Crippen LogP contribution in [0.2, 0.25) is 10.0 Å². The molecule has 0 aliphatic heterocycles. The van der Waals surface area contributed by atoms with E-state index in [1.54, 1.807) is 0 Å². The topological polar surface area (TPSA) is 54.5 Å². The number of hydrogen-bond acceptors (Lipinski definition) is 3. The van der Waals surface area contributed by atoms with E-state index in [1.807, 2.05) is 5.92 Å². The van der Waals surface area contributed by atoms with E-state index in [0.29, 0.717) is 6.07 Å². The van der Waals surface area contributed by atoms with Gasteiger partial charge >= 0.3 is 6.18 Å². The van der Waals surface area contributed by atoms with Gasteiger partial charge in [-0.2, -0.15) is 13.2 Å². The summed E-state index contributed by atoms with van der Waals surface area (Å²) < 4.78 is 65.4. The highest BCUT2D eigenvalue weighted by Crippen LogP contribution is 2.33. The number of nitrogens with zero attached hydrogens (tertiary/aromatic N) is 1. The fourth-order valence-electron chi connectivity index (χ4n) is 2.20. The van der Waals surface area contributed by atoms with Crippen molar-refractivity contribution in [3.8, 4) is 12.3 Å². The number of carbonyl (C=O) groups excluding carboxylic acids is 1. The third kappa shape index (κ3) is 4.56. The molecule has 0 radical (unpaired) electrons. The quantitative estimate of drug-likeness (QED) is 0.665. The molecule has 0 aromatic heterocycles. The molecule has 0 bridgehead atoms. The van der Waals surface area contributed by atoms with E-state index in [0.717, 1.165) is 24.3 Å². The average Bonchev–Trinajstić information content (AvgIpc) is 2.57. The summed E-state index contributed by atoms with van der Waals surface area (Å²) in [4.78, 5) is 12.2. The van der Waals surface area contributed by atoms with E-state index >= 15 is 0 Å². The van der Waals surface area contributed by atoms with E-state index in [1.165, 1.54) is 12.1 Å². The molecule has 0 aliphatic rings. The predicted molar refractivity (Wildman–Crippen MR) is 95.0 cm³/mol. The van der Waals surface area contributed by atoms with Gasteiger partial charge in [0, 0.05) is 10.0 Å². The first-order valence-corrected chi connectivity index (χ1v) is 9.31. The van der Waals surface area contributed by atoms with Gasteiger partial charge in [-0.1, -0.05) is 41.3 Å². The lowest BCUT2D eigenvalue weighted by molar-refractivity contribution is -0.138. The van der Waals surface area contributed by atoms with Crippen LogP contribution < -0.4 is 0 Å².